The second-order valence-electron chi connectivity index (χ2n) is 22.7. The van der Waals surface area contributed by atoms with Crippen molar-refractivity contribution in [3.63, 3.8) is 0 Å². The molecule has 9 aromatic carbocycles. The largest absolute Gasteiger partial charge is 0.497 e. The number of ether oxygens (including phenoxy) is 1. The average molecular weight is 1340 g/mol. The van der Waals surface area contributed by atoms with Gasteiger partial charge < -0.3 is 26.8 Å². The summed E-state index contributed by atoms with van der Waals surface area (Å²) >= 11 is 0. The van der Waals surface area contributed by atoms with Gasteiger partial charge in [-0.15, -0.1) is 0 Å². The maximum Gasteiger partial charge on any atom is 0.294 e. The van der Waals surface area contributed by atoms with Gasteiger partial charge in [0.2, 0.25) is 0 Å². The van der Waals surface area contributed by atoms with Crippen molar-refractivity contribution >= 4 is 101 Å². The molecule has 11 rings (SSSR count). The van der Waals surface area contributed by atoms with Gasteiger partial charge in [0, 0.05) is 17.3 Å². The van der Waals surface area contributed by atoms with Crippen molar-refractivity contribution in [2.24, 2.45) is 52.1 Å². The highest BCUT2D eigenvalue weighted by atomic mass is 32.2. The van der Waals surface area contributed by atoms with Crippen LogP contribution in [0.4, 0.5) is 45.5 Å². The fourth-order valence-corrected chi connectivity index (χ4v) is 11.2. The molecular weight excluding hydrogens is 1270 g/mol. The van der Waals surface area contributed by atoms with E-state index in [2.05, 4.69) is 51.3 Å². The van der Waals surface area contributed by atoms with E-state index < -0.39 is 44.1 Å². The van der Waals surface area contributed by atoms with Crippen molar-refractivity contribution in [2.75, 3.05) is 27.8 Å². The van der Waals surface area contributed by atoms with Crippen LogP contribution in [0.2, 0.25) is 0 Å². The molecule has 25 heteroatoms. The highest BCUT2D eigenvalue weighted by molar-refractivity contribution is 7.86. The number of methoxy groups -OCH3 is 1. The van der Waals surface area contributed by atoms with Crippen LogP contribution in [0.25, 0.3) is 0 Å². The highest BCUT2D eigenvalue weighted by Gasteiger charge is 2.36. The number of para-hydroxylation sites is 4. The number of carbonyl (C=O) groups excluding carboxylic acids is 2. The number of anilines is 4. The SMILES string of the molecule is COc1ccc(C(c2ccc(N=NC3C(=O)N(c4ccc(S(=O)(=O)O)cc4)N=C3C)c(C)c2)c2ccc(N=NC3C(=O)N(c4ccc(S(=O)(=O)O)cc4)N=C3C)c(C)c2)cc1.Cc1ccccc1N=C(N)Nc1ccccc1C.Cc1ccccc1N=C(N)Nc1ccccc1C. The summed E-state index contributed by atoms with van der Waals surface area (Å²) in [6, 6.07) is 59.2. The number of azo groups is 2. The van der Waals surface area contributed by atoms with Gasteiger partial charge in [-0.05, 0) is 203 Å². The molecule has 0 saturated heterocycles. The lowest BCUT2D eigenvalue weighted by atomic mass is 9.83. The van der Waals surface area contributed by atoms with Gasteiger partial charge in [-0.3, -0.25) is 18.7 Å². The van der Waals surface area contributed by atoms with E-state index in [1.807, 2.05) is 199 Å². The summed E-state index contributed by atoms with van der Waals surface area (Å²) in [5, 5.41) is 34.6. The minimum atomic E-state index is -4.40. The first-order valence-electron chi connectivity index (χ1n) is 30.3. The van der Waals surface area contributed by atoms with Crippen molar-refractivity contribution in [3.8, 4) is 5.75 Å². The summed E-state index contributed by atoms with van der Waals surface area (Å²) < 4.78 is 69.8. The van der Waals surface area contributed by atoms with Crippen LogP contribution in [0, 0.1) is 41.5 Å². The zero-order chi connectivity index (χ0) is 69.7. The lowest BCUT2D eigenvalue weighted by Gasteiger charge is -2.21. The van der Waals surface area contributed by atoms with Gasteiger partial charge >= 0.3 is 0 Å². The first-order chi connectivity index (χ1) is 46.3. The number of hydrogen-bond donors (Lipinski definition) is 6. The Labute approximate surface area is 563 Å². The predicted octanol–water partition coefficient (Wildman–Crippen LogP) is 14.5. The monoisotopic (exact) mass is 1340 g/mol. The van der Waals surface area contributed by atoms with Crippen LogP contribution in [0.1, 0.15) is 69.8 Å². The molecule has 2 unspecified atom stereocenters. The van der Waals surface area contributed by atoms with Gasteiger partial charge in [-0.25, -0.2) is 9.98 Å². The van der Waals surface area contributed by atoms with Gasteiger partial charge in [0.1, 0.15) is 5.75 Å². The van der Waals surface area contributed by atoms with E-state index in [4.69, 9.17) is 16.2 Å². The second-order valence-corrected chi connectivity index (χ2v) is 25.5. The van der Waals surface area contributed by atoms with Crippen molar-refractivity contribution < 1.29 is 40.3 Å². The number of nitrogens with one attached hydrogen (secondary N) is 2. The molecule has 2 heterocycles. The molecule has 0 bridgehead atoms. The van der Waals surface area contributed by atoms with Crippen LogP contribution in [0.5, 0.6) is 5.75 Å². The van der Waals surface area contributed by atoms with E-state index in [0.717, 1.165) is 82.8 Å². The normalized spacial score (nSPS) is 15.3. The number of nitrogens with zero attached hydrogens (tertiary/aromatic N) is 10. The molecule has 9 aromatic rings. The Morgan fingerprint density at radius 3 is 1.14 bits per heavy atom. The Hall–Kier alpha value is -11.4. The Balaban J connectivity index is 0.000000246. The van der Waals surface area contributed by atoms with E-state index in [9.17, 15) is 35.5 Å². The lowest BCUT2D eigenvalue weighted by Crippen LogP contribution is -2.29. The molecule has 2 aliphatic heterocycles. The molecule has 0 aliphatic carbocycles. The van der Waals surface area contributed by atoms with Crippen molar-refractivity contribution in [1.82, 2.24) is 0 Å². The molecule has 0 saturated carbocycles. The minimum absolute atomic E-state index is 0.251. The number of aryl methyl sites for hydroxylation is 6. The van der Waals surface area contributed by atoms with Crippen molar-refractivity contribution in [2.45, 2.75) is 83.2 Å². The summed E-state index contributed by atoms with van der Waals surface area (Å²) in [7, 11) is -7.21. The molecule has 0 fully saturated rings. The molecule has 2 atom stereocenters. The third-order valence-corrected chi connectivity index (χ3v) is 17.3. The van der Waals surface area contributed by atoms with Crippen LogP contribution in [0.3, 0.4) is 0 Å². The Morgan fingerprint density at radius 2 is 0.804 bits per heavy atom. The maximum atomic E-state index is 13.3. The fourth-order valence-electron chi connectivity index (χ4n) is 10.2. The van der Waals surface area contributed by atoms with E-state index in [1.54, 1.807) is 21.0 Å². The molecule has 0 aromatic heterocycles. The first-order valence-corrected chi connectivity index (χ1v) is 33.2. The smallest absolute Gasteiger partial charge is 0.294 e. The van der Waals surface area contributed by atoms with Gasteiger partial charge in [0.15, 0.2) is 24.0 Å². The number of hydrazone groups is 2. The zero-order valence-corrected chi connectivity index (χ0v) is 56.2. The second kappa shape index (κ2) is 30.8. The van der Waals surface area contributed by atoms with E-state index >= 15 is 0 Å². The number of aliphatic imine (C=N–C) groups is 2. The van der Waals surface area contributed by atoms with E-state index in [1.165, 1.54) is 48.5 Å². The standard InChI is InChI=1S/C42H38N8O9S2.2C15H17N3/c1-24-22-29(8-20-36(24)43-45-39-26(3)47-49(41(39)51)31-10-16-34(17-11-31)60(53,54)55)38(28-6-14-33(59-5)15-7-28)30-9-21-37(25(2)23-30)44-46-40-27(4)48-50(42(40)52)32-12-18-35(19-13-32)61(56,57)58;2*1-11-7-3-5-9-13(11)17-15(16)18-14-10-6-4-8-12(14)2/h6-23,38-40H,1-5H3,(H,53,54,55)(H,56,57,58);2*3-10H,1-2H3,(H3,16,17,18). The fraction of sp³-hybridized carbons (Fsp3) is 0.167. The molecule has 8 N–H and O–H groups in total. The number of carbonyl (C=O) groups is 2. The molecule has 0 radical (unpaired) electrons. The van der Waals surface area contributed by atoms with Crippen LogP contribution < -0.4 is 36.9 Å². The first kappa shape index (κ1) is 69.9. The van der Waals surface area contributed by atoms with Crippen molar-refractivity contribution in [1.29, 1.82) is 0 Å². The van der Waals surface area contributed by atoms with E-state index in [0.29, 0.717) is 51.8 Å². The molecule has 2 aliphatic rings. The van der Waals surface area contributed by atoms with E-state index in [-0.39, 0.29) is 15.7 Å². The predicted molar refractivity (Wildman–Crippen MR) is 381 cm³/mol. The van der Waals surface area contributed by atoms with Gasteiger partial charge in [0.25, 0.3) is 32.1 Å². The Morgan fingerprint density at radius 1 is 0.454 bits per heavy atom. The number of nitrogens with two attached hydrogens (primary N) is 2. The minimum Gasteiger partial charge on any atom is -0.497 e. The molecular formula is C72H72N14O9S2. The number of guanidine groups is 2. The maximum absolute atomic E-state index is 13.3. The summed E-state index contributed by atoms with van der Waals surface area (Å²) in [6.45, 7) is 15.2. The van der Waals surface area contributed by atoms with Crippen molar-refractivity contribution in [3.05, 3.63) is 256 Å². The molecule has 496 valence electrons. The molecule has 2 amide bonds. The Bertz CT molecular complexity index is 4550. The van der Waals surface area contributed by atoms with Gasteiger partial charge in [-0.1, -0.05) is 109 Å². The summed E-state index contributed by atoms with van der Waals surface area (Å²) in [6.07, 6.45) is 0. The highest BCUT2D eigenvalue weighted by Crippen LogP contribution is 2.38. The van der Waals surface area contributed by atoms with Gasteiger partial charge in [0.05, 0.1) is 62.4 Å². The quantitative estimate of drug-likeness (QED) is 0.0172. The summed E-state index contributed by atoms with van der Waals surface area (Å²) in [4.78, 5) is 34.8. The van der Waals surface area contributed by atoms with Gasteiger partial charge in [-0.2, -0.15) is 57.5 Å². The third kappa shape index (κ3) is 17.7. The molecule has 23 nitrogen and oxygen atoms in total. The average Bonchev–Trinajstić information content (AvgIpc) is 1.50. The number of benzene rings is 9. The number of amides is 2. The summed E-state index contributed by atoms with van der Waals surface area (Å²) in [5.74, 6) is 0.304. The van der Waals surface area contributed by atoms with Crippen LogP contribution >= 0.6 is 0 Å². The molecule has 97 heavy (non-hydrogen) atoms. The van der Waals surface area contributed by atoms with Crippen LogP contribution in [-0.4, -0.2) is 80.3 Å². The summed E-state index contributed by atoms with van der Waals surface area (Å²) in [5.41, 5.74) is 27.0. The Kier molecular flexibility index (Phi) is 22.2. The van der Waals surface area contributed by atoms with Crippen LogP contribution in [-0.2, 0) is 29.8 Å². The number of rotatable bonds is 16. The zero-order valence-electron chi connectivity index (χ0n) is 54.6. The number of hydrogen-bond acceptors (Lipinski definition) is 15. The third-order valence-electron chi connectivity index (χ3n) is 15.6. The van der Waals surface area contributed by atoms with Crippen LogP contribution in [0.15, 0.2) is 257 Å². The lowest BCUT2D eigenvalue weighted by molar-refractivity contribution is -0.118. The molecule has 0 spiro atoms. The topological polar surface area (TPSA) is 334 Å².